The quantitative estimate of drug-likeness (QED) is 0.451. The molecule has 208 valence electrons. The van der Waals surface area contributed by atoms with Gasteiger partial charge < -0.3 is 4.90 Å². The highest BCUT2D eigenvalue weighted by atomic mass is 35.5. The first-order valence-electron chi connectivity index (χ1n) is 13.5. The van der Waals surface area contributed by atoms with Gasteiger partial charge in [-0.1, -0.05) is 48.9 Å². The molecule has 6 rings (SSSR count). The number of carbonyl (C=O) groups is 2. The molecule has 1 aromatic carbocycles. The molecule has 3 aromatic rings. The maximum absolute atomic E-state index is 13.9. The lowest BCUT2D eigenvalue weighted by atomic mass is 9.87. The summed E-state index contributed by atoms with van der Waals surface area (Å²) in [5.41, 5.74) is 2.83. The van der Waals surface area contributed by atoms with Gasteiger partial charge in [0.15, 0.2) is 6.20 Å². The molecule has 2 atom stereocenters. The van der Waals surface area contributed by atoms with Crippen LogP contribution in [-0.2, 0) is 15.9 Å². The SMILES string of the molecule is CCC1N=C(C)N=C1C(=O)N1CCN2C(=O)c3cn4nc(-c5ccc(F)c(Cl)c5)cc(C(C)(C)C)c4[n+]3C2(C)C1. The van der Waals surface area contributed by atoms with Crippen LogP contribution >= 0.6 is 11.6 Å². The lowest BCUT2D eigenvalue weighted by molar-refractivity contribution is -0.749. The molecule has 2 amide bonds. The van der Waals surface area contributed by atoms with Crippen molar-refractivity contribution in [2.45, 2.75) is 65.1 Å². The van der Waals surface area contributed by atoms with Crippen molar-refractivity contribution in [2.24, 2.45) is 9.98 Å². The highest BCUT2D eigenvalue weighted by Crippen LogP contribution is 2.36. The third-order valence-corrected chi connectivity index (χ3v) is 8.41. The monoisotopic (exact) mass is 564 g/mol. The van der Waals surface area contributed by atoms with E-state index in [0.29, 0.717) is 54.6 Å². The van der Waals surface area contributed by atoms with Crippen molar-refractivity contribution in [3.05, 3.63) is 52.6 Å². The zero-order valence-electron chi connectivity index (χ0n) is 23.5. The average molecular weight is 565 g/mol. The first-order valence-corrected chi connectivity index (χ1v) is 13.9. The van der Waals surface area contributed by atoms with Gasteiger partial charge in [0.1, 0.15) is 23.1 Å². The molecule has 1 fully saturated rings. The Hall–Kier alpha value is -3.66. The molecule has 0 saturated carbocycles. The zero-order chi connectivity index (χ0) is 28.7. The fourth-order valence-corrected chi connectivity index (χ4v) is 6.30. The Labute approximate surface area is 237 Å². The van der Waals surface area contributed by atoms with E-state index in [1.807, 2.05) is 36.3 Å². The summed E-state index contributed by atoms with van der Waals surface area (Å²) in [4.78, 5) is 40.0. The summed E-state index contributed by atoms with van der Waals surface area (Å²) in [6.07, 6.45) is 2.45. The highest BCUT2D eigenvalue weighted by molar-refractivity contribution is 6.43. The van der Waals surface area contributed by atoms with Crippen LogP contribution in [0.15, 0.2) is 40.4 Å². The first-order chi connectivity index (χ1) is 18.8. The molecule has 1 saturated heterocycles. The van der Waals surface area contributed by atoms with E-state index in [-0.39, 0.29) is 28.3 Å². The van der Waals surface area contributed by atoms with Crippen molar-refractivity contribution < 1.29 is 18.5 Å². The second kappa shape index (κ2) is 8.92. The van der Waals surface area contributed by atoms with E-state index in [4.69, 9.17) is 16.7 Å². The van der Waals surface area contributed by atoms with E-state index >= 15 is 0 Å². The summed E-state index contributed by atoms with van der Waals surface area (Å²) in [5, 5.41) is 4.85. The molecule has 3 aliphatic rings. The zero-order valence-corrected chi connectivity index (χ0v) is 24.3. The molecule has 0 bridgehead atoms. The summed E-state index contributed by atoms with van der Waals surface area (Å²) in [6, 6.07) is 6.27. The van der Waals surface area contributed by atoms with Crippen molar-refractivity contribution >= 4 is 40.6 Å². The molecule has 2 aromatic heterocycles. The number of aromatic nitrogens is 3. The van der Waals surface area contributed by atoms with E-state index in [1.165, 1.54) is 6.07 Å². The Morgan fingerprint density at radius 1 is 1.25 bits per heavy atom. The fraction of sp³-hybridized carbons (Fsp3) is 0.448. The van der Waals surface area contributed by atoms with Gasteiger partial charge in [-0.25, -0.2) is 9.38 Å². The van der Waals surface area contributed by atoms with Gasteiger partial charge in [-0.3, -0.25) is 19.5 Å². The first kappa shape index (κ1) is 26.6. The summed E-state index contributed by atoms with van der Waals surface area (Å²) in [5.74, 6) is -0.118. The van der Waals surface area contributed by atoms with Gasteiger partial charge >= 0.3 is 11.6 Å². The number of amides is 2. The van der Waals surface area contributed by atoms with Gasteiger partial charge in [0.2, 0.25) is 11.4 Å². The fourth-order valence-electron chi connectivity index (χ4n) is 6.12. The second-order valence-corrected chi connectivity index (χ2v) is 12.3. The number of aliphatic imine (C=N–C) groups is 2. The average Bonchev–Trinajstić information content (AvgIpc) is 3.54. The highest BCUT2D eigenvalue weighted by Gasteiger charge is 2.57. The molecular formula is C29H32ClFN7O2+. The van der Waals surface area contributed by atoms with Crippen LogP contribution < -0.4 is 4.57 Å². The van der Waals surface area contributed by atoms with Crippen LogP contribution in [0, 0.1) is 5.82 Å². The van der Waals surface area contributed by atoms with Gasteiger partial charge in [0.25, 0.3) is 5.91 Å². The minimum Gasteiger partial charge on any atom is -0.329 e. The molecule has 5 heterocycles. The van der Waals surface area contributed by atoms with Crippen LogP contribution in [0.1, 0.15) is 64.0 Å². The molecule has 0 aliphatic carbocycles. The lowest BCUT2D eigenvalue weighted by Crippen LogP contribution is -2.69. The van der Waals surface area contributed by atoms with Crippen LogP contribution in [0.4, 0.5) is 4.39 Å². The number of piperazine rings is 1. The van der Waals surface area contributed by atoms with Gasteiger partial charge in [0.05, 0.1) is 23.2 Å². The standard InChI is InChI=1S/C29H32ClFN7O2/c1-7-21-24(33-16(2)32-21)27(40)35-10-11-36-26(39)23-14-37-25(38(23)29(36,6)15-35)18(28(3,4)5)13-22(34-37)17-8-9-20(31)19(30)12-17/h8-9,12-14,21H,7,10-11,15H2,1-6H3/q+1. The van der Waals surface area contributed by atoms with Crippen LogP contribution in [-0.4, -0.2) is 68.5 Å². The third-order valence-electron chi connectivity index (χ3n) is 8.12. The van der Waals surface area contributed by atoms with Crippen molar-refractivity contribution in [1.29, 1.82) is 0 Å². The predicted octanol–water partition coefficient (Wildman–Crippen LogP) is 4.00. The maximum atomic E-state index is 13.9. The smallest absolute Gasteiger partial charge is 0.313 e. The van der Waals surface area contributed by atoms with Crippen molar-refractivity contribution in [2.75, 3.05) is 19.6 Å². The predicted molar refractivity (Wildman–Crippen MR) is 150 cm³/mol. The van der Waals surface area contributed by atoms with Gasteiger partial charge in [-0.05, 0) is 43.0 Å². The number of nitrogens with zero attached hydrogens (tertiary/aromatic N) is 7. The molecule has 3 aliphatic heterocycles. The number of fused-ring (bicyclic) bond motifs is 5. The Balaban J connectivity index is 1.48. The van der Waals surface area contributed by atoms with E-state index in [2.05, 4.69) is 30.8 Å². The van der Waals surface area contributed by atoms with Gasteiger partial charge in [0, 0.05) is 25.6 Å². The molecule has 0 spiro atoms. The summed E-state index contributed by atoms with van der Waals surface area (Å²) in [7, 11) is 0. The molecule has 40 heavy (non-hydrogen) atoms. The number of halogens is 2. The van der Waals surface area contributed by atoms with Crippen LogP contribution in [0.25, 0.3) is 16.9 Å². The Kier molecular flexibility index (Phi) is 5.92. The normalized spacial score (nSPS) is 22.5. The van der Waals surface area contributed by atoms with Gasteiger partial charge in [-0.2, -0.15) is 4.57 Å². The van der Waals surface area contributed by atoms with E-state index in [1.54, 1.807) is 27.7 Å². The number of rotatable bonds is 3. The summed E-state index contributed by atoms with van der Waals surface area (Å²) in [6.45, 7) is 13.2. The molecule has 2 unspecified atom stereocenters. The minimum atomic E-state index is -0.825. The number of hydrogen-bond donors (Lipinski definition) is 0. The van der Waals surface area contributed by atoms with Crippen molar-refractivity contribution in [3.63, 3.8) is 0 Å². The number of benzene rings is 1. The lowest BCUT2D eigenvalue weighted by Gasteiger charge is -2.42. The molecule has 0 N–H and O–H groups in total. The summed E-state index contributed by atoms with van der Waals surface area (Å²) >= 11 is 6.09. The Morgan fingerprint density at radius 2 is 2.00 bits per heavy atom. The minimum absolute atomic E-state index is 0.0177. The second-order valence-electron chi connectivity index (χ2n) is 11.9. The Bertz CT molecular complexity index is 1670. The number of amidine groups is 1. The summed E-state index contributed by atoms with van der Waals surface area (Å²) < 4.78 is 17.7. The largest absolute Gasteiger partial charge is 0.329 e. The van der Waals surface area contributed by atoms with Crippen LogP contribution in [0.3, 0.4) is 0 Å². The number of hydrogen-bond acceptors (Lipinski definition) is 5. The van der Waals surface area contributed by atoms with E-state index in [0.717, 1.165) is 11.2 Å². The number of imidazole rings is 1. The van der Waals surface area contributed by atoms with Crippen molar-refractivity contribution in [1.82, 2.24) is 19.4 Å². The Morgan fingerprint density at radius 3 is 2.67 bits per heavy atom. The van der Waals surface area contributed by atoms with Gasteiger partial charge in [-0.15, -0.1) is 0 Å². The molecule has 11 heteroatoms. The molecular weight excluding hydrogens is 533 g/mol. The maximum Gasteiger partial charge on any atom is 0.313 e. The molecule has 9 nitrogen and oxygen atoms in total. The van der Waals surface area contributed by atoms with Crippen LogP contribution in [0.2, 0.25) is 5.02 Å². The van der Waals surface area contributed by atoms with Crippen LogP contribution in [0.5, 0.6) is 0 Å². The van der Waals surface area contributed by atoms with E-state index < -0.39 is 11.5 Å². The topological polar surface area (TPSA) is 86.5 Å². The van der Waals surface area contributed by atoms with Crippen molar-refractivity contribution in [3.8, 4) is 11.3 Å². The third kappa shape index (κ3) is 3.87. The number of carbonyl (C=O) groups excluding carboxylic acids is 2. The van der Waals surface area contributed by atoms with E-state index in [9.17, 15) is 14.0 Å². The molecule has 0 radical (unpaired) electrons.